The lowest BCUT2D eigenvalue weighted by molar-refractivity contribution is -0.127. The van der Waals surface area contributed by atoms with Crippen molar-refractivity contribution in [2.45, 2.75) is 59.3 Å². The molecule has 0 aromatic rings. The number of hydrogen-bond donors (Lipinski definition) is 0. The van der Waals surface area contributed by atoms with Crippen LogP contribution in [0, 0.1) is 17.8 Å². The molecule has 2 heteroatoms. The van der Waals surface area contributed by atoms with Crippen molar-refractivity contribution in [3.8, 4) is 0 Å². The first-order valence-corrected chi connectivity index (χ1v) is 6.53. The van der Waals surface area contributed by atoms with E-state index in [0.717, 1.165) is 5.92 Å². The molecule has 92 valence electrons. The predicted octanol–water partition coefficient (Wildman–Crippen LogP) is 3.39. The molecule has 2 nitrogen and oxygen atoms in total. The third-order valence-electron chi connectivity index (χ3n) is 4.00. The molecule has 0 amide bonds. The molecular formula is C14H24O2. The van der Waals surface area contributed by atoms with Crippen LogP contribution in [0.2, 0.25) is 0 Å². The topological polar surface area (TPSA) is 34.1 Å². The first-order chi connectivity index (χ1) is 7.50. The van der Waals surface area contributed by atoms with E-state index in [1.807, 2.05) is 6.92 Å². The van der Waals surface area contributed by atoms with Crippen LogP contribution in [0.25, 0.3) is 0 Å². The summed E-state index contributed by atoms with van der Waals surface area (Å²) in [6.07, 6.45) is 5.77. The van der Waals surface area contributed by atoms with Crippen LogP contribution in [-0.4, -0.2) is 11.6 Å². The molecule has 0 bridgehead atoms. The number of ketones is 2. The second-order valence-corrected chi connectivity index (χ2v) is 5.48. The molecular weight excluding hydrogens is 200 g/mol. The van der Waals surface area contributed by atoms with Crippen LogP contribution in [-0.2, 0) is 9.59 Å². The van der Waals surface area contributed by atoms with Crippen molar-refractivity contribution in [1.82, 2.24) is 0 Å². The van der Waals surface area contributed by atoms with Gasteiger partial charge in [0.25, 0.3) is 0 Å². The average Bonchev–Trinajstić information content (AvgIpc) is 2.26. The van der Waals surface area contributed by atoms with Crippen molar-refractivity contribution in [2.75, 3.05) is 0 Å². The number of rotatable bonds is 5. The van der Waals surface area contributed by atoms with Gasteiger partial charge in [-0.3, -0.25) is 4.79 Å². The van der Waals surface area contributed by atoms with Gasteiger partial charge in [-0.15, -0.1) is 0 Å². The van der Waals surface area contributed by atoms with Crippen molar-refractivity contribution in [3.05, 3.63) is 0 Å². The number of carbonyl (C=O) groups excluding carboxylic acids is 2. The Hall–Kier alpha value is -0.660. The van der Waals surface area contributed by atoms with Gasteiger partial charge in [0.05, 0.1) is 0 Å². The first kappa shape index (κ1) is 13.4. The second kappa shape index (κ2) is 6.17. The Labute approximate surface area is 98.8 Å². The molecule has 1 saturated carbocycles. The van der Waals surface area contributed by atoms with Crippen molar-refractivity contribution in [2.24, 2.45) is 17.8 Å². The highest BCUT2D eigenvalue weighted by molar-refractivity contribution is 5.86. The maximum Gasteiger partial charge on any atom is 0.136 e. The Balaban J connectivity index is 2.35. The Morgan fingerprint density at radius 2 is 1.69 bits per heavy atom. The van der Waals surface area contributed by atoms with Gasteiger partial charge in [-0.2, -0.15) is 0 Å². The molecule has 0 N–H and O–H groups in total. The van der Waals surface area contributed by atoms with Crippen molar-refractivity contribution < 1.29 is 9.59 Å². The Bertz CT molecular complexity index is 249. The Morgan fingerprint density at radius 3 is 2.19 bits per heavy atom. The summed E-state index contributed by atoms with van der Waals surface area (Å²) in [7, 11) is 0. The number of carbonyl (C=O) groups is 2. The molecule has 1 fully saturated rings. The molecule has 0 radical (unpaired) electrons. The molecule has 0 saturated heterocycles. The van der Waals surface area contributed by atoms with Gasteiger partial charge in [0.15, 0.2) is 0 Å². The smallest absolute Gasteiger partial charge is 0.136 e. The van der Waals surface area contributed by atoms with Gasteiger partial charge in [-0.25, -0.2) is 0 Å². The van der Waals surface area contributed by atoms with Crippen LogP contribution >= 0.6 is 0 Å². The summed E-state index contributed by atoms with van der Waals surface area (Å²) in [5.41, 5.74) is 0. The van der Waals surface area contributed by atoms with Crippen molar-refractivity contribution >= 4 is 11.6 Å². The van der Waals surface area contributed by atoms with E-state index in [1.165, 1.54) is 25.7 Å². The zero-order valence-electron chi connectivity index (χ0n) is 10.8. The van der Waals surface area contributed by atoms with Gasteiger partial charge in [-0.05, 0) is 31.6 Å². The van der Waals surface area contributed by atoms with Crippen LogP contribution in [0.3, 0.4) is 0 Å². The summed E-state index contributed by atoms with van der Waals surface area (Å²) < 4.78 is 0. The van der Waals surface area contributed by atoms with Crippen molar-refractivity contribution in [1.29, 1.82) is 0 Å². The van der Waals surface area contributed by atoms with Crippen LogP contribution in [0.1, 0.15) is 59.3 Å². The van der Waals surface area contributed by atoms with Gasteiger partial charge in [0, 0.05) is 18.8 Å². The zero-order chi connectivity index (χ0) is 12.1. The minimum absolute atomic E-state index is 0.123. The Morgan fingerprint density at radius 1 is 1.12 bits per heavy atom. The maximum absolute atomic E-state index is 11.9. The first-order valence-electron chi connectivity index (χ1n) is 6.53. The standard InChI is InChI=1S/C14H24O2/c1-10-4-7-13(8-5-10)12(3)14(16)9-6-11(2)15/h10,12-13H,4-9H2,1-3H3. The summed E-state index contributed by atoms with van der Waals surface area (Å²) in [4.78, 5) is 22.7. The SMILES string of the molecule is CC(=O)CCC(=O)C(C)C1CCC(C)CC1. The summed E-state index contributed by atoms with van der Waals surface area (Å²) in [6, 6.07) is 0. The minimum Gasteiger partial charge on any atom is -0.300 e. The fourth-order valence-corrected chi connectivity index (χ4v) is 2.58. The van der Waals surface area contributed by atoms with Gasteiger partial charge < -0.3 is 4.79 Å². The third kappa shape index (κ3) is 4.07. The summed E-state index contributed by atoms with van der Waals surface area (Å²) in [6.45, 7) is 5.89. The molecule has 1 aliphatic carbocycles. The average molecular weight is 224 g/mol. The van der Waals surface area contributed by atoms with Crippen molar-refractivity contribution in [3.63, 3.8) is 0 Å². The maximum atomic E-state index is 11.9. The molecule has 1 atom stereocenters. The highest BCUT2D eigenvalue weighted by atomic mass is 16.1. The quantitative estimate of drug-likeness (QED) is 0.717. The van der Waals surface area contributed by atoms with E-state index in [2.05, 4.69) is 6.92 Å². The van der Waals surface area contributed by atoms with Crippen LogP contribution < -0.4 is 0 Å². The Kier molecular flexibility index (Phi) is 5.17. The number of Topliss-reactive ketones (excluding diaryl/α,β-unsaturated/α-hetero) is 2. The lowest BCUT2D eigenvalue weighted by Crippen LogP contribution is -2.25. The fraction of sp³-hybridized carbons (Fsp3) is 0.857. The molecule has 1 aliphatic rings. The van der Waals surface area contributed by atoms with Gasteiger partial charge >= 0.3 is 0 Å². The summed E-state index contributed by atoms with van der Waals surface area (Å²) in [5, 5.41) is 0. The van der Waals surface area contributed by atoms with Crippen LogP contribution in [0.4, 0.5) is 0 Å². The molecule has 1 rings (SSSR count). The largest absolute Gasteiger partial charge is 0.300 e. The van der Waals surface area contributed by atoms with Gasteiger partial charge in [0.1, 0.15) is 11.6 Å². The van der Waals surface area contributed by atoms with E-state index in [-0.39, 0.29) is 17.5 Å². The molecule has 0 spiro atoms. The summed E-state index contributed by atoms with van der Waals surface area (Å²) in [5.74, 6) is 1.96. The van der Waals surface area contributed by atoms with Gasteiger partial charge in [-0.1, -0.05) is 26.7 Å². The molecule has 0 heterocycles. The van der Waals surface area contributed by atoms with Crippen LogP contribution in [0.15, 0.2) is 0 Å². The lowest BCUT2D eigenvalue weighted by atomic mass is 9.75. The van der Waals surface area contributed by atoms with Gasteiger partial charge in [0.2, 0.25) is 0 Å². The lowest BCUT2D eigenvalue weighted by Gasteiger charge is -2.30. The zero-order valence-corrected chi connectivity index (χ0v) is 10.8. The van der Waals surface area contributed by atoms with E-state index in [9.17, 15) is 9.59 Å². The molecule has 0 aromatic carbocycles. The monoisotopic (exact) mass is 224 g/mol. The van der Waals surface area contributed by atoms with E-state index in [4.69, 9.17) is 0 Å². The predicted molar refractivity (Wildman–Crippen MR) is 65.2 cm³/mol. The third-order valence-corrected chi connectivity index (χ3v) is 4.00. The van der Waals surface area contributed by atoms with E-state index >= 15 is 0 Å². The summed E-state index contributed by atoms with van der Waals surface area (Å²) >= 11 is 0. The normalized spacial score (nSPS) is 27.4. The fourth-order valence-electron chi connectivity index (χ4n) is 2.58. The van der Waals surface area contributed by atoms with E-state index in [0.29, 0.717) is 18.8 Å². The molecule has 0 aliphatic heterocycles. The second-order valence-electron chi connectivity index (χ2n) is 5.48. The minimum atomic E-state index is 0.123. The number of hydrogen-bond acceptors (Lipinski definition) is 2. The highest BCUT2D eigenvalue weighted by Crippen LogP contribution is 2.33. The molecule has 0 aromatic heterocycles. The van der Waals surface area contributed by atoms with Crippen LogP contribution in [0.5, 0.6) is 0 Å². The van der Waals surface area contributed by atoms with E-state index < -0.39 is 0 Å². The van der Waals surface area contributed by atoms with E-state index in [1.54, 1.807) is 6.92 Å². The molecule has 1 unspecified atom stereocenters. The molecule has 16 heavy (non-hydrogen) atoms. The highest BCUT2D eigenvalue weighted by Gasteiger charge is 2.27.